The van der Waals surface area contributed by atoms with E-state index in [4.69, 9.17) is 4.74 Å². The van der Waals surface area contributed by atoms with Crippen molar-refractivity contribution >= 4 is 17.4 Å². The van der Waals surface area contributed by atoms with Crippen molar-refractivity contribution in [3.8, 4) is 17.0 Å². The number of carbonyl (C=O) groups excluding carboxylic acids is 1. The highest BCUT2D eigenvalue weighted by atomic mass is 16.5. The normalized spacial score (nSPS) is 11.0. The fourth-order valence-electron chi connectivity index (χ4n) is 3.04. The van der Waals surface area contributed by atoms with Gasteiger partial charge in [-0.05, 0) is 38.0 Å². The van der Waals surface area contributed by atoms with Gasteiger partial charge in [-0.1, -0.05) is 20.8 Å². The molecule has 0 saturated heterocycles. The number of aryl methyl sites for hydroxylation is 2. The third kappa shape index (κ3) is 3.77. The number of carbonyl (C=O) groups is 1. The van der Waals surface area contributed by atoms with Gasteiger partial charge in [0.25, 0.3) is 5.78 Å². The predicted molar refractivity (Wildman–Crippen MR) is 105 cm³/mol. The fraction of sp³-hybridized carbons (Fsp3) is 0.400. The van der Waals surface area contributed by atoms with Gasteiger partial charge in [0.1, 0.15) is 5.75 Å². The molecule has 0 saturated carbocycles. The van der Waals surface area contributed by atoms with Gasteiger partial charge in [0.05, 0.1) is 23.7 Å². The monoisotopic (exact) mass is 367 g/mol. The van der Waals surface area contributed by atoms with E-state index in [9.17, 15) is 4.79 Å². The number of ether oxygens (including phenoxy) is 1. The summed E-state index contributed by atoms with van der Waals surface area (Å²) in [6.45, 7) is 8.43. The zero-order valence-corrected chi connectivity index (χ0v) is 16.2. The summed E-state index contributed by atoms with van der Waals surface area (Å²) >= 11 is 0. The number of nitrogens with one attached hydrogen (secondary N) is 1. The Labute approximate surface area is 158 Å². The highest BCUT2D eigenvalue weighted by Crippen LogP contribution is 2.31. The van der Waals surface area contributed by atoms with Crippen molar-refractivity contribution in [2.75, 3.05) is 11.9 Å². The highest BCUT2D eigenvalue weighted by molar-refractivity contribution is 5.93. The highest BCUT2D eigenvalue weighted by Gasteiger charge is 2.14. The summed E-state index contributed by atoms with van der Waals surface area (Å²) in [5.74, 6) is 1.16. The molecule has 1 N–H and O–H groups in total. The number of rotatable bonds is 7. The third-order valence-electron chi connectivity index (χ3n) is 4.41. The van der Waals surface area contributed by atoms with Crippen LogP contribution in [0.5, 0.6) is 5.75 Å². The summed E-state index contributed by atoms with van der Waals surface area (Å²) in [7, 11) is 0. The second-order valence-electron chi connectivity index (χ2n) is 6.14. The topological polar surface area (TPSA) is 81.4 Å². The molecule has 0 spiro atoms. The van der Waals surface area contributed by atoms with Gasteiger partial charge in [0.15, 0.2) is 0 Å². The summed E-state index contributed by atoms with van der Waals surface area (Å²) in [6, 6.07) is 5.69. The second kappa shape index (κ2) is 8.16. The standard InChI is InChI=1S/C20H25N5O2/c1-5-14-17(6-2)25-12-16(22-20(25)24-23-14)13-9-10-18(27-8-4)15(11-13)21-19(26)7-3/h9-12H,5-8H2,1-4H3,(H,21,26). The number of fused-ring (bicyclic) bond motifs is 1. The summed E-state index contributed by atoms with van der Waals surface area (Å²) < 4.78 is 7.64. The van der Waals surface area contributed by atoms with Crippen LogP contribution in [0, 0.1) is 0 Å². The molecule has 7 nitrogen and oxygen atoms in total. The van der Waals surface area contributed by atoms with E-state index in [-0.39, 0.29) is 5.91 Å². The number of aromatic nitrogens is 4. The van der Waals surface area contributed by atoms with Crippen LogP contribution < -0.4 is 10.1 Å². The summed E-state index contributed by atoms with van der Waals surface area (Å²) in [5.41, 5.74) is 4.41. The van der Waals surface area contributed by atoms with Crippen LogP contribution in [0.4, 0.5) is 5.69 Å². The molecule has 142 valence electrons. The summed E-state index contributed by atoms with van der Waals surface area (Å²) in [5, 5.41) is 11.4. The van der Waals surface area contributed by atoms with Crippen LogP contribution in [0.1, 0.15) is 45.5 Å². The van der Waals surface area contributed by atoms with Gasteiger partial charge in [0.2, 0.25) is 5.91 Å². The first-order valence-corrected chi connectivity index (χ1v) is 9.41. The van der Waals surface area contributed by atoms with Gasteiger partial charge in [0, 0.05) is 23.9 Å². The number of benzene rings is 1. The van der Waals surface area contributed by atoms with E-state index in [1.807, 2.05) is 42.6 Å². The van der Waals surface area contributed by atoms with E-state index in [1.54, 1.807) is 0 Å². The maximum Gasteiger partial charge on any atom is 0.254 e. The lowest BCUT2D eigenvalue weighted by molar-refractivity contribution is -0.115. The van der Waals surface area contributed by atoms with Gasteiger partial charge in [-0.15, -0.1) is 5.10 Å². The Balaban J connectivity index is 2.07. The maximum absolute atomic E-state index is 11.9. The van der Waals surface area contributed by atoms with E-state index in [0.717, 1.165) is 35.5 Å². The molecule has 0 bridgehead atoms. The lowest BCUT2D eigenvalue weighted by Gasteiger charge is -2.12. The molecule has 0 fully saturated rings. The Morgan fingerprint density at radius 3 is 2.63 bits per heavy atom. The molecule has 7 heteroatoms. The maximum atomic E-state index is 11.9. The predicted octanol–water partition coefficient (Wildman–Crippen LogP) is 3.66. The van der Waals surface area contributed by atoms with Gasteiger partial charge in [-0.3, -0.25) is 9.20 Å². The minimum atomic E-state index is -0.0603. The van der Waals surface area contributed by atoms with Crippen LogP contribution in [0.3, 0.4) is 0 Å². The number of hydrogen-bond acceptors (Lipinski definition) is 5. The van der Waals surface area contributed by atoms with Crippen LogP contribution in [0.25, 0.3) is 17.0 Å². The van der Waals surface area contributed by atoms with Crippen LogP contribution in [0.2, 0.25) is 0 Å². The Bertz CT molecular complexity index is 964. The van der Waals surface area contributed by atoms with Crippen LogP contribution in [0.15, 0.2) is 24.4 Å². The molecule has 0 atom stereocenters. The van der Waals surface area contributed by atoms with E-state index in [1.165, 1.54) is 0 Å². The number of hydrogen-bond donors (Lipinski definition) is 1. The SMILES string of the molecule is CCOc1ccc(-c2cn3c(CC)c(CC)nnc3n2)cc1NC(=O)CC. The van der Waals surface area contributed by atoms with Gasteiger partial charge < -0.3 is 10.1 Å². The van der Waals surface area contributed by atoms with Crippen molar-refractivity contribution in [1.29, 1.82) is 0 Å². The zero-order valence-electron chi connectivity index (χ0n) is 16.2. The first kappa shape index (κ1) is 18.8. The number of imidazole rings is 1. The number of anilines is 1. The summed E-state index contributed by atoms with van der Waals surface area (Å²) in [4.78, 5) is 16.5. The van der Waals surface area contributed by atoms with Crippen molar-refractivity contribution in [1.82, 2.24) is 19.6 Å². The minimum absolute atomic E-state index is 0.0603. The molecule has 0 aliphatic rings. The van der Waals surface area contributed by atoms with Crippen LogP contribution in [-0.4, -0.2) is 32.1 Å². The molecule has 3 rings (SSSR count). The number of amides is 1. The average Bonchev–Trinajstić information content (AvgIpc) is 3.12. The Kier molecular flexibility index (Phi) is 5.69. The smallest absolute Gasteiger partial charge is 0.254 e. The van der Waals surface area contributed by atoms with E-state index >= 15 is 0 Å². The molecule has 2 aromatic heterocycles. The molecular formula is C20H25N5O2. The first-order chi connectivity index (χ1) is 13.1. The zero-order chi connectivity index (χ0) is 19.4. The molecule has 0 aliphatic carbocycles. The van der Waals surface area contributed by atoms with E-state index in [2.05, 4.69) is 34.3 Å². The molecule has 1 amide bonds. The quantitative estimate of drug-likeness (QED) is 0.689. The van der Waals surface area contributed by atoms with Crippen molar-refractivity contribution in [3.63, 3.8) is 0 Å². The molecular weight excluding hydrogens is 342 g/mol. The Morgan fingerprint density at radius 1 is 1.15 bits per heavy atom. The van der Waals surface area contributed by atoms with E-state index in [0.29, 0.717) is 30.2 Å². The molecule has 27 heavy (non-hydrogen) atoms. The van der Waals surface area contributed by atoms with E-state index < -0.39 is 0 Å². The van der Waals surface area contributed by atoms with Crippen LogP contribution in [-0.2, 0) is 17.6 Å². The van der Waals surface area contributed by atoms with Gasteiger partial charge in [-0.2, -0.15) is 5.10 Å². The van der Waals surface area contributed by atoms with Crippen molar-refractivity contribution in [2.45, 2.75) is 47.0 Å². The molecule has 0 aliphatic heterocycles. The van der Waals surface area contributed by atoms with Crippen molar-refractivity contribution < 1.29 is 9.53 Å². The average molecular weight is 367 g/mol. The van der Waals surface area contributed by atoms with Gasteiger partial charge >= 0.3 is 0 Å². The largest absolute Gasteiger partial charge is 0.492 e. The van der Waals surface area contributed by atoms with Crippen molar-refractivity contribution in [3.05, 3.63) is 35.8 Å². The van der Waals surface area contributed by atoms with Crippen molar-refractivity contribution in [2.24, 2.45) is 0 Å². The molecule has 2 heterocycles. The lowest BCUT2D eigenvalue weighted by Crippen LogP contribution is -2.11. The molecule has 1 aromatic carbocycles. The summed E-state index contributed by atoms with van der Waals surface area (Å²) in [6.07, 6.45) is 4.06. The lowest BCUT2D eigenvalue weighted by atomic mass is 10.1. The molecule has 0 radical (unpaired) electrons. The minimum Gasteiger partial charge on any atom is -0.492 e. The number of nitrogens with zero attached hydrogens (tertiary/aromatic N) is 4. The molecule has 3 aromatic rings. The molecule has 0 unspecified atom stereocenters. The Hall–Kier alpha value is -2.96. The van der Waals surface area contributed by atoms with Crippen LogP contribution >= 0.6 is 0 Å². The van der Waals surface area contributed by atoms with Gasteiger partial charge in [-0.25, -0.2) is 4.98 Å². The second-order valence-corrected chi connectivity index (χ2v) is 6.14. The third-order valence-corrected chi connectivity index (χ3v) is 4.41. The Morgan fingerprint density at radius 2 is 1.96 bits per heavy atom. The first-order valence-electron chi connectivity index (χ1n) is 9.41. The fourth-order valence-corrected chi connectivity index (χ4v) is 3.04.